The Bertz CT molecular complexity index is 699. The average molecular weight is 296 g/mol. The molecule has 0 fully saturated rings. The molecule has 0 spiro atoms. The zero-order valence-corrected chi connectivity index (χ0v) is 12.8. The molecule has 1 heterocycles. The van der Waals surface area contributed by atoms with Gasteiger partial charge in [-0.1, -0.05) is 31.7 Å². The minimum Gasteiger partial charge on any atom is -0.457 e. The van der Waals surface area contributed by atoms with Gasteiger partial charge in [-0.15, -0.1) is 0 Å². The third-order valence-corrected chi connectivity index (χ3v) is 4.05. The average Bonchev–Trinajstić information content (AvgIpc) is 3.15. The first-order valence-electron chi connectivity index (χ1n) is 7.72. The highest BCUT2D eigenvalue weighted by atomic mass is 16.5. The summed E-state index contributed by atoms with van der Waals surface area (Å²) in [6.45, 7) is 5.91. The largest absolute Gasteiger partial charge is 0.457 e. The number of rotatable bonds is 5. The molecule has 0 saturated carbocycles. The summed E-state index contributed by atoms with van der Waals surface area (Å²) in [7, 11) is 0. The Balaban J connectivity index is 1.98. The van der Waals surface area contributed by atoms with E-state index in [4.69, 9.17) is 4.74 Å². The first-order valence-corrected chi connectivity index (χ1v) is 7.72. The number of nitrogens with zero attached hydrogens (tertiary/aromatic N) is 2. The molecule has 0 atom stereocenters. The maximum Gasteiger partial charge on any atom is 0.359 e. The SMILES string of the molecule is C=CCOC(=O)c1nn(-c2ccc(CC)cc2)c2c1CCC2. The third kappa shape index (κ3) is 2.56. The van der Waals surface area contributed by atoms with Crippen molar-refractivity contribution >= 4 is 5.97 Å². The molecule has 4 heteroatoms. The molecule has 0 aliphatic heterocycles. The van der Waals surface area contributed by atoms with Crippen molar-refractivity contribution in [2.24, 2.45) is 0 Å². The van der Waals surface area contributed by atoms with Gasteiger partial charge < -0.3 is 4.74 Å². The second-order valence-corrected chi connectivity index (χ2v) is 5.45. The van der Waals surface area contributed by atoms with Crippen LogP contribution >= 0.6 is 0 Å². The van der Waals surface area contributed by atoms with Gasteiger partial charge in [0.25, 0.3) is 0 Å². The lowest BCUT2D eigenvalue weighted by atomic mass is 10.1. The summed E-state index contributed by atoms with van der Waals surface area (Å²) in [5.41, 5.74) is 4.91. The maximum absolute atomic E-state index is 12.2. The van der Waals surface area contributed by atoms with Crippen molar-refractivity contribution in [3.05, 3.63) is 59.4 Å². The van der Waals surface area contributed by atoms with Crippen LogP contribution in [0.15, 0.2) is 36.9 Å². The Morgan fingerprint density at radius 3 is 2.82 bits per heavy atom. The summed E-state index contributed by atoms with van der Waals surface area (Å²) in [6.07, 6.45) is 5.48. The van der Waals surface area contributed by atoms with Crippen LogP contribution in [0.5, 0.6) is 0 Å². The fourth-order valence-corrected chi connectivity index (χ4v) is 2.89. The highest BCUT2D eigenvalue weighted by Crippen LogP contribution is 2.28. The molecule has 114 valence electrons. The molecule has 22 heavy (non-hydrogen) atoms. The predicted octanol–water partition coefficient (Wildman–Crippen LogP) is 3.27. The molecule has 2 aromatic rings. The number of hydrogen-bond acceptors (Lipinski definition) is 3. The lowest BCUT2D eigenvalue weighted by Crippen LogP contribution is -2.09. The van der Waals surface area contributed by atoms with Gasteiger partial charge in [-0.2, -0.15) is 5.10 Å². The fraction of sp³-hybridized carbons (Fsp3) is 0.333. The number of benzene rings is 1. The molecular weight excluding hydrogens is 276 g/mol. The van der Waals surface area contributed by atoms with Crippen LogP contribution in [0, 0.1) is 0 Å². The minimum atomic E-state index is -0.359. The van der Waals surface area contributed by atoms with Crippen LogP contribution in [-0.4, -0.2) is 22.4 Å². The smallest absolute Gasteiger partial charge is 0.359 e. The molecule has 0 bridgehead atoms. The van der Waals surface area contributed by atoms with Crippen LogP contribution in [-0.2, 0) is 24.0 Å². The quantitative estimate of drug-likeness (QED) is 0.628. The number of aryl methyl sites for hydroxylation is 1. The molecule has 0 radical (unpaired) electrons. The lowest BCUT2D eigenvalue weighted by Gasteiger charge is -2.06. The Morgan fingerprint density at radius 2 is 2.14 bits per heavy atom. The molecule has 0 amide bonds. The van der Waals surface area contributed by atoms with E-state index in [1.807, 2.05) is 4.68 Å². The van der Waals surface area contributed by atoms with Crippen molar-refractivity contribution in [1.29, 1.82) is 0 Å². The number of aromatic nitrogens is 2. The van der Waals surface area contributed by atoms with E-state index in [1.54, 1.807) is 6.08 Å². The van der Waals surface area contributed by atoms with Gasteiger partial charge in [0.15, 0.2) is 5.69 Å². The van der Waals surface area contributed by atoms with Gasteiger partial charge in [-0.3, -0.25) is 0 Å². The standard InChI is InChI=1S/C18H20N2O2/c1-3-12-22-18(21)17-15-6-5-7-16(15)20(19-17)14-10-8-13(4-2)9-11-14/h3,8-11H,1,4-7,12H2,2H3. The lowest BCUT2D eigenvalue weighted by molar-refractivity contribution is 0.0541. The molecule has 0 unspecified atom stereocenters. The highest BCUT2D eigenvalue weighted by molar-refractivity contribution is 5.89. The predicted molar refractivity (Wildman–Crippen MR) is 85.4 cm³/mol. The normalized spacial score (nSPS) is 13.0. The molecular formula is C18H20N2O2. The summed E-state index contributed by atoms with van der Waals surface area (Å²) in [5.74, 6) is -0.359. The molecule has 1 aliphatic rings. The van der Waals surface area contributed by atoms with Crippen LogP contribution in [0.2, 0.25) is 0 Å². The number of hydrogen-bond donors (Lipinski definition) is 0. The van der Waals surface area contributed by atoms with Gasteiger partial charge in [0.05, 0.1) is 5.69 Å². The molecule has 1 aromatic carbocycles. The maximum atomic E-state index is 12.2. The number of carbonyl (C=O) groups excluding carboxylic acids is 1. The van der Waals surface area contributed by atoms with Crippen molar-refractivity contribution in [2.75, 3.05) is 6.61 Å². The minimum absolute atomic E-state index is 0.214. The fourth-order valence-electron chi connectivity index (χ4n) is 2.89. The Hall–Kier alpha value is -2.36. The van der Waals surface area contributed by atoms with E-state index < -0.39 is 0 Å². The summed E-state index contributed by atoms with van der Waals surface area (Å²) < 4.78 is 7.05. The number of esters is 1. The van der Waals surface area contributed by atoms with E-state index in [0.29, 0.717) is 5.69 Å². The Labute approximate surface area is 130 Å². The summed E-state index contributed by atoms with van der Waals surface area (Å²) in [6, 6.07) is 8.33. The molecule has 4 nitrogen and oxygen atoms in total. The van der Waals surface area contributed by atoms with Crippen LogP contribution in [0.3, 0.4) is 0 Å². The Kier molecular flexibility index (Phi) is 4.09. The van der Waals surface area contributed by atoms with E-state index >= 15 is 0 Å². The van der Waals surface area contributed by atoms with Gasteiger partial charge in [-0.25, -0.2) is 9.48 Å². The highest BCUT2D eigenvalue weighted by Gasteiger charge is 2.27. The third-order valence-electron chi connectivity index (χ3n) is 4.05. The molecule has 0 saturated heterocycles. The van der Waals surface area contributed by atoms with Crippen molar-refractivity contribution < 1.29 is 9.53 Å². The van der Waals surface area contributed by atoms with E-state index in [9.17, 15) is 4.79 Å². The topological polar surface area (TPSA) is 44.1 Å². The number of carbonyl (C=O) groups is 1. The summed E-state index contributed by atoms with van der Waals surface area (Å²) in [5, 5.41) is 4.52. The first kappa shape index (κ1) is 14.6. The second kappa shape index (κ2) is 6.18. The van der Waals surface area contributed by atoms with Crippen molar-refractivity contribution in [2.45, 2.75) is 32.6 Å². The second-order valence-electron chi connectivity index (χ2n) is 5.45. The van der Waals surface area contributed by atoms with Gasteiger partial charge in [0.2, 0.25) is 0 Å². The van der Waals surface area contributed by atoms with Crippen LogP contribution in [0.4, 0.5) is 0 Å². The van der Waals surface area contributed by atoms with Crippen LogP contribution in [0.1, 0.15) is 40.7 Å². The summed E-state index contributed by atoms with van der Waals surface area (Å²) >= 11 is 0. The summed E-state index contributed by atoms with van der Waals surface area (Å²) in [4.78, 5) is 12.2. The van der Waals surface area contributed by atoms with Crippen LogP contribution in [0.25, 0.3) is 5.69 Å². The van der Waals surface area contributed by atoms with Gasteiger partial charge >= 0.3 is 5.97 Å². The van der Waals surface area contributed by atoms with E-state index in [0.717, 1.165) is 42.6 Å². The van der Waals surface area contributed by atoms with Crippen molar-refractivity contribution in [3.8, 4) is 5.69 Å². The van der Waals surface area contributed by atoms with Gasteiger partial charge in [-0.05, 0) is 43.4 Å². The zero-order valence-electron chi connectivity index (χ0n) is 12.8. The zero-order chi connectivity index (χ0) is 15.5. The van der Waals surface area contributed by atoms with E-state index in [2.05, 4.69) is 42.9 Å². The van der Waals surface area contributed by atoms with Gasteiger partial charge in [0.1, 0.15) is 6.61 Å². The van der Waals surface area contributed by atoms with E-state index in [1.165, 1.54) is 5.56 Å². The van der Waals surface area contributed by atoms with Crippen molar-refractivity contribution in [3.63, 3.8) is 0 Å². The Morgan fingerprint density at radius 1 is 1.36 bits per heavy atom. The van der Waals surface area contributed by atoms with Gasteiger partial charge in [0, 0.05) is 11.3 Å². The molecule has 0 N–H and O–H groups in total. The first-order chi connectivity index (χ1) is 10.7. The van der Waals surface area contributed by atoms with Crippen molar-refractivity contribution in [1.82, 2.24) is 9.78 Å². The monoisotopic (exact) mass is 296 g/mol. The molecule has 1 aromatic heterocycles. The molecule has 3 rings (SSSR count). The molecule has 1 aliphatic carbocycles. The van der Waals surface area contributed by atoms with Crippen LogP contribution < -0.4 is 0 Å². The van der Waals surface area contributed by atoms with E-state index in [-0.39, 0.29) is 12.6 Å². The number of ether oxygens (including phenoxy) is 1. The number of fused-ring (bicyclic) bond motifs is 1.